The fourth-order valence-corrected chi connectivity index (χ4v) is 2.19. The molecule has 112 valence electrons. The normalized spacial score (nSPS) is 12.1. The number of benzene rings is 1. The second kappa shape index (κ2) is 7.09. The Hall–Kier alpha value is -2.07. The molecule has 1 N–H and O–H groups in total. The molecule has 0 saturated carbocycles. The maximum atomic E-state index is 12.6. The molecule has 2 aromatic rings. The van der Waals surface area contributed by atoms with Crippen molar-refractivity contribution >= 4 is 5.91 Å². The molecule has 0 fully saturated rings. The van der Waals surface area contributed by atoms with E-state index in [4.69, 9.17) is 4.42 Å². The Labute approximate surface area is 125 Å². The van der Waals surface area contributed by atoms with Crippen LogP contribution in [0.25, 0.3) is 0 Å². The van der Waals surface area contributed by atoms with Crippen molar-refractivity contribution in [3.63, 3.8) is 0 Å². The van der Waals surface area contributed by atoms with E-state index in [1.165, 1.54) is 6.26 Å². The van der Waals surface area contributed by atoms with Crippen LogP contribution in [0, 0.1) is 12.8 Å². The fourth-order valence-electron chi connectivity index (χ4n) is 2.19. The minimum atomic E-state index is -0.137. The molecule has 1 amide bonds. The minimum absolute atomic E-state index is 0.0212. The Bertz CT molecular complexity index is 577. The van der Waals surface area contributed by atoms with Gasteiger partial charge >= 0.3 is 0 Å². The summed E-state index contributed by atoms with van der Waals surface area (Å²) in [5, 5.41) is 9.26. The number of carbonyl (C=O) groups excluding carboxylic acids is 1. The Morgan fingerprint density at radius 2 is 2.00 bits per heavy atom. The molecule has 0 saturated heterocycles. The zero-order chi connectivity index (χ0) is 15.2. The number of hydrogen-bond acceptors (Lipinski definition) is 3. The third kappa shape index (κ3) is 3.95. The van der Waals surface area contributed by atoms with Crippen molar-refractivity contribution in [2.45, 2.75) is 20.4 Å². The van der Waals surface area contributed by atoms with Crippen molar-refractivity contribution in [2.24, 2.45) is 5.92 Å². The largest absolute Gasteiger partial charge is 0.459 e. The van der Waals surface area contributed by atoms with Gasteiger partial charge < -0.3 is 14.4 Å². The second-order valence-electron chi connectivity index (χ2n) is 5.39. The van der Waals surface area contributed by atoms with Gasteiger partial charge in [0.15, 0.2) is 5.76 Å². The Morgan fingerprint density at radius 1 is 1.29 bits per heavy atom. The van der Waals surface area contributed by atoms with Crippen LogP contribution in [0.3, 0.4) is 0 Å². The van der Waals surface area contributed by atoms with Crippen LogP contribution in [0.15, 0.2) is 47.1 Å². The Kier molecular flexibility index (Phi) is 5.17. The van der Waals surface area contributed by atoms with E-state index in [1.54, 1.807) is 11.0 Å². The van der Waals surface area contributed by atoms with E-state index in [-0.39, 0.29) is 18.4 Å². The predicted molar refractivity (Wildman–Crippen MR) is 80.9 cm³/mol. The van der Waals surface area contributed by atoms with Crippen molar-refractivity contribution in [3.05, 3.63) is 59.5 Å². The first kappa shape index (κ1) is 15.3. The molecule has 0 radical (unpaired) electrons. The van der Waals surface area contributed by atoms with Crippen LogP contribution in [0.1, 0.15) is 28.6 Å². The zero-order valence-corrected chi connectivity index (χ0v) is 12.5. The first-order valence-electron chi connectivity index (χ1n) is 7.10. The maximum Gasteiger partial charge on any atom is 0.290 e. The molecule has 4 heteroatoms. The molecule has 21 heavy (non-hydrogen) atoms. The van der Waals surface area contributed by atoms with Gasteiger partial charge in [-0.2, -0.15) is 0 Å². The number of aliphatic hydroxyl groups excluding tert-OH is 1. The van der Waals surface area contributed by atoms with Crippen LogP contribution in [0.4, 0.5) is 0 Å². The van der Waals surface area contributed by atoms with Crippen LogP contribution < -0.4 is 0 Å². The van der Waals surface area contributed by atoms with Gasteiger partial charge in [0, 0.05) is 25.3 Å². The molecule has 0 aliphatic rings. The summed E-state index contributed by atoms with van der Waals surface area (Å²) in [7, 11) is 0. The summed E-state index contributed by atoms with van der Waals surface area (Å²) in [4.78, 5) is 14.4. The number of carbonyl (C=O) groups is 1. The highest BCUT2D eigenvalue weighted by atomic mass is 16.3. The zero-order valence-electron chi connectivity index (χ0n) is 12.5. The molecular formula is C17H21NO3. The summed E-state index contributed by atoms with van der Waals surface area (Å²) in [6, 6.07) is 11.6. The van der Waals surface area contributed by atoms with E-state index in [2.05, 4.69) is 0 Å². The maximum absolute atomic E-state index is 12.6. The summed E-state index contributed by atoms with van der Waals surface area (Å²) in [5.41, 5.74) is 1.88. The number of amides is 1. The van der Waals surface area contributed by atoms with Crippen LogP contribution in [-0.4, -0.2) is 29.1 Å². The van der Waals surface area contributed by atoms with Gasteiger partial charge in [-0.3, -0.25) is 4.79 Å². The SMILES string of the molecule is Cc1ccoc1C(=O)N(Cc1ccccc1)CC(C)CO. The predicted octanol–water partition coefficient (Wildman–Crippen LogP) is 2.86. The molecule has 0 spiro atoms. The number of nitrogens with zero attached hydrogens (tertiary/aromatic N) is 1. The number of aryl methyl sites for hydroxylation is 1. The Morgan fingerprint density at radius 3 is 2.57 bits per heavy atom. The van der Waals surface area contributed by atoms with Crippen molar-refractivity contribution in [2.75, 3.05) is 13.2 Å². The van der Waals surface area contributed by atoms with Gasteiger partial charge in [0.05, 0.1) is 6.26 Å². The third-order valence-corrected chi connectivity index (χ3v) is 3.40. The quantitative estimate of drug-likeness (QED) is 0.889. The molecule has 1 atom stereocenters. The molecule has 1 unspecified atom stereocenters. The van der Waals surface area contributed by atoms with Gasteiger partial charge in [0.25, 0.3) is 5.91 Å². The molecule has 1 aromatic heterocycles. The van der Waals surface area contributed by atoms with E-state index in [1.807, 2.05) is 44.2 Å². The van der Waals surface area contributed by atoms with E-state index in [9.17, 15) is 9.90 Å². The lowest BCUT2D eigenvalue weighted by Crippen LogP contribution is -2.35. The van der Waals surface area contributed by atoms with Gasteiger partial charge in [0.1, 0.15) is 0 Å². The standard InChI is InChI=1S/C17H21NO3/c1-13(12-19)10-18(11-15-6-4-3-5-7-15)17(20)16-14(2)8-9-21-16/h3-9,13,19H,10-12H2,1-2H3. The molecule has 1 aromatic carbocycles. The molecule has 1 heterocycles. The molecular weight excluding hydrogens is 266 g/mol. The van der Waals surface area contributed by atoms with Crippen LogP contribution in [0.5, 0.6) is 0 Å². The van der Waals surface area contributed by atoms with E-state index < -0.39 is 0 Å². The van der Waals surface area contributed by atoms with Crippen molar-refractivity contribution in [3.8, 4) is 0 Å². The lowest BCUT2D eigenvalue weighted by Gasteiger charge is -2.25. The third-order valence-electron chi connectivity index (χ3n) is 3.40. The smallest absolute Gasteiger partial charge is 0.290 e. The highest BCUT2D eigenvalue weighted by Crippen LogP contribution is 2.16. The van der Waals surface area contributed by atoms with Gasteiger partial charge in [-0.25, -0.2) is 0 Å². The van der Waals surface area contributed by atoms with Crippen molar-refractivity contribution in [1.29, 1.82) is 0 Å². The average molecular weight is 287 g/mol. The number of rotatable bonds is 6. The molecule has 0 bridgehead atoms. The van der Waals surface area contributed by atoms with Gasteiger partial charge in [-0.15, -0.1) is 0 Å². The summed E-state index contributed by atoms with van der Waals surface area (Å²) in [6.45, 7) is 4.82. The summed E-state index contributed by atoms with van der Waals surface area (Å²) >= 11 is 0. The van der Waals surface area contributed by atoms with Crippen molar-refractivity contribution < 1.29 is 14.3 Å². The van der Waals surface area contributed by atoms with Crippen LogP contribution in [0.2, 0.25) is 0 Å². The number of furan rings is 1. The number of aliphatic hydroxyl groups is 1. The van der Waals surface area contributed by atoms with E-state index in [0.717, 1.165) is 11.1 Å². The lowest BCUT2D eigenvalue weighted by molar-refractivity contribution is 0.0661. The highest BCUT2D eigenvalue weighted by Gasteiger charge is 2.22. The van der Waals surface area contributed by atoms with Crippen LogP contribution in [-0.2, 0) is 6.54 Å². The average Bonchev–Trinajstić information content (AvgIpc) is 2.93. The summed E-state index contributed by atoms with van der Waals surface area (Å²) < 4.78 is 5.31. The van der Waals surface area contributed by atoms with Crippen LogP contribution >= 0.6 is 0 Å². The lowest BCUT2D eigenvalue weighted by atomic mass is 10.1. The molecule has 4 nitrogen and oxygen atoms in total. The topological polar surface area (TPSA) is 53.7 Å². The fraction of sp³-hybridized carbons (Fsp3) is 0.353. The highest BCUT2D eigenvalue weighted by molar-refractivity contribution is 5.92. The van der Waals surface area contributed by atoms with Gasteiger partial charge in [-0.1, -0.05) is 37.3 Å². The minimum Gasteiger partial charge on any atom is -0.459 e. The first-order valence-corrected chi connectivity index (χ1v) is 7.10. The first-order chi connectivity index (χ1) is 10.1. The number of hydrogen-bond donors (Lipinski definition) is 1. The monoisotopic (exact) mass is 287 g/mol. The molecule has 2 rings (SSSR count). The second-order valence-corrected chi connectivity index (χ2v) is 5.39. The van der Waals surface area contributed by atoms with Gasteiger partial charge in [-0.05, 0) is 24.5 Å². The summed E-state index contributed by atoms with van der Waals surface area (Å²) in [6.07, 6.45) is 1.53. The molecule has 0 aliphatic heterocycles. The molecule has 0 aliphatic carbocycles. The Balaban J connectivity index is 2.19. The summed E-state index contributed by atoms with van der Waals surface area (Å²) in [5.74, 6) is 0.255. The van der Waals surface area contributed by atoms with E-state index in [0.29, 0.717) is 18.8 Å². The van der Waals surface area contributed by atoms with E-state index >= 15 is 0 Å². The van der Waals surface area contributed by atoms with Gasteiger partial charge in [0.2, 0.25) is 0 Å². The van der Waals surface area contributed by atoms with Crippen molar-refractivity contribution in [1.82, 2.24) is 4.90 Å².